The van der Waals surface area contributed by atoms with Gasteiger partial charge < -0.3 is 5.11 Å². The third-order valence-corrected chi connectivity index (χ3v) is 3.15. The smallest absolute Gasteiger partial charge is 0.115 e. The van der Waals surface area contributed by atoms with Gasteiger partial charge in [-0.3, -0.25) is 4.68 Å². The Labute approximate surface area is 112 Å². The van der Waals surface area contributed by atoms with E-state index in [4.69, 9.17) is 5.26 Å². The highest BCUT2D eigenvalue weighted by Gasteiger charge is 2.16. The quantitative estimate of drug-likeness (QED) is 0.912. The van der Waals surface area contributed by atoms with Crippen LogP contribution in [-0.4, -0.2) is 14.9 Å². The Bertz CT molecular complexity index is 595. The molecule has 1 aromatic heterocycles. The zero-order valence-electron chi connectivity index (χ0n) is 11.1. The van der Waals surface area contributed by atoms with Crippen LogP contribution in [0, 0.1) is 11.3 Å². The Morgan fingerprint density at radius 2 is 2.16 bits per heavy atom. The molecule has 0 saturated carbocycles. The Balaban J connectivity index is 2.37. The van der Waals surface area contributed by atoms with Gasteiger partial charge in [-0.25, -0.2) is 0 Å². The fourth-order valence-electron chi connectivity index (χ4n) is 2.00. The summed E-state index contributed by atoms with van der Waals surface area (Å²) < 4.78 is 1.80. The van der Waals surface area contributed by atoms with Crippen molar-refractivity contribution in [1.29, 1.82) is 5.26 Å². The van der Waals surface area contributed by atoms with Gasteiger partial charge in [-0.2, -0.15) is 10.4 Å². The number of hydrogen-bond donors (Lipinski definition) is 1. The minimum atomic E-state index is -0.162. The van der Waals surface area contributed by atoms with Gasteiger partial charge in [-0.1, -0.05) is 26.0 Å². The third kappa shape index (κ3) is 2.94. The highest BCUT2D eigenvalue weighted by Crippen LogP contribution is 2.25. The summed E-state index contributed by atoms with van der Waals surface area (Å²) in [6, 6.07) is 9.00. The number of nitrogens with zero attached hydrogens (tertiary/aromatic N) is 3. The second-order valence-electron chi connectivity index (χ2n) is 4.88. The number of nitriles is 1. The molecule has 0 radical (unpaired) electrons. The van der Waals surface area contributed by atoms with Crippen LogP contribution in [0.3, 0.4) is 0 Å². The molecule has 4 nitrogen and oxygen atoms in total. The van der Waals surface area contributed by atoms with Crippen LogP contribution in [0.15, 0.2) is 36.7 Å². The summed E-state index contributed by atoms with van der Waals surface area (Å²) in [4.78, 5) is 0. The maximum atomic E-state index is 9.56. The third-order valence-electron chi connectivity index (χ3n) is 3.15. The Morgan fingerprint density at radius 1 is 1.37 bits per heavy atom. The van der Waals surface area contributed by atoms with Crippen molar-refractivity contribution < 1.29 is 5.11 Å². The first-order chi connectivity index (χ1) is 9.11. The van der Waals surface area contributed by atoms with E-state index in [0.717, 1.165) is 11.1 Å². The summed E-state index contributed by atoms with van der Waals surface area (Å²) in [5, 5.41) is 22.9. The van der Waals surface area contributed by atoms with Gasteiger partial charge in [-0.05, 0) is 29.2 Å². The second kappa shape index (κ2) is 5.57. The average Bonchev–Trinajstić information content (AvgIpc) is 2.85. The van der Waals surface area contributed by atoms with E-state index in [-0.39, 0.29) is 11.8 Å². The molecule has 1 heterocycles. The molecule has 4 heteroatoms. The van der Waals surface area contributed by atoms with Crippen LogP contribution in [0.4, 0.5) is 0 Å². The molecule has 98 valence electrons. The lowest BCUT2D eigenvalue weighted by molar-refractivity contribution is 0.470. The molecule has 2 aromatic rings. The lowest BCUT2D eigenvalue weighted by Crippen LogP contribution is -2.10. The van der Waals surface area contributed by atoms with Crippen molar-refractivity contribution in [3.63, 3.8) is 0 Å². The number of phenolic OH excluding ortho intramolecular Hbond substituents is 1. The molecule has 0 amide bonds. The topological polar surface area (TPSA) is 61.8 Å². The van der Waals surface area contributed by atoms with Gasteiger partial charge in [0.15, 0.2) is 0 Å². The molecule has 0 bridgehead atoms. The molecule has 19 heavy (non-hydrogen) atoms. The second-order valence-corrected chi connectivity index (χ2v) is 4.88. The Hall–Kier alpha value is -2.28. The molecule has 1 aromatic carbocycles. The van der Waals surface area contributed by atoms with Crippen molar-refractivity contribution in [3.05, 3.63) is 47.8 Å². The van der Waals surface area contributed by atoms with E-state index >= 15 is 0 Å². The lowest BCUT2D eigenvalue weighted by Gasteiger charge is -2.15. The molecule has 0 unspecified atom stereocenters. The number of aromatic hydroxyl groups is 1. The summed E-state index contributed by atoms with van der Waals surface area (Å²) in [5.41, 5.74) is 2.03. The summed E-state index contributed by atoms with van der Waals surface area (Å²) in [6.45, 7) is 4.21. The zero-order chi connectivity index (χ0) is 13.8. The predicted octanol–water partition coefficient (Wildman–Crippen LogP) is 3.22. The van der Waals surface area contributed by atoms with Gasteiger partial charge in [0.2, 0.25) is 0 Å². The normalized spacial score (nSPS) is 12.3. The maximum absolute atomic E-state index is 9.56. The first-order valence-electron chi connectivity index (χ1n) is 6.31. The van der Waals surface area contributed by atoms with Crippen molar-refractivity contribution in [2.45, 2.75) is 32.2 Å². The van der Waals surface area contributed by atoms with Crippen LogP contribution in [0.1, 0.15) is 43.4 Å². The van der Waals surface area contributed by atoms with Crippen LogP contribution in [0.25, 0.3) is 0 Å². The van der Waals surface area contributed by atoms with Crippen LogP contribution in [0.2, 0.25) is 0 Å². The van der Waals surface area contributed by atoms with Gasteiger partial charge in [0.1, 0.15) is 5.75 Å². The molecule has 0 aliphatic heterocycles. The van der Waals surface area contributed by atoms with E-state index in [2.05, 4.69) is 25.0 Å². The molecule has 0 fully saturated rings. The van der Waals surface area contributed by atoms with Gasteiger partial charge >= 0.3 is 0 Å². The number of phenols is 1. The lowest BCUT2D eigenvalue weighted by atomic mass is 10.0. The molecule has 0 aliphatic carbocycles. The van der Waals surface area contributed by atoms with E-state index in [1.807, 2.05) is 18.5 Å². The van der Waals surface area contributed by atoms with E-state index < -0.39 is 0 Å². The van der Waals surface area contributed by atoms with Gasteiger partial charge in [-0.15, -0.1) is 0 Å². The van der Waals surface area contributed by atoms with Crippen LogP contribution in [0.5, 0.6) is 5.75 Å². The SMILES string of the molecule is CC(C)c1cnn([C@H](CC#N)c2cccc(O)c2)c1. The number of hydrogen-bond acceptors (Lipinski definition) is 3. The summed E-state index contributed by atoms with van der Waals surface area (Å²) >= 11 is 0. The molecule has 0 aliphatic rings. The van der Waals surface area contributed by atoms with E-state index in [9.17, 15) is 5.11 Å². The summed E-state index contributed by atoms with van der Waals surface area (Å²) in [7, 11) is 0. The van der Waals surface area contributed by atoms with Crippen molar-refractivity contribution in [3.8, 4) is 11.8 Å². The fourth-order valence-corrected chi connectivity index (χ4v) is 2.00. The minimum absolute atomic E-state index is 0.162. The van der Waals surface area contributed by atoms with Gasteiger partial charge in [0.05, 0.1) is 24.7 Å². The Kier molecular flexibility index (Phi) is 3.86. The van der Waals surface area contributed by atoms with Gasteiger partial charge in [0.25, 0.3) is 0 Å². The minimum Gasteiger partial charge on any atom is -0.508 e. The first kappa shape index (κ1) is 13.2. The number of benzene rings is 1. The molecular formula is C15H17N3O. The first-order valence-corrected chi connectivity index (χ1v) is 6.31. The molecule has 2 rings (SSSR count). The molecule has 0 saturated heterocycles. The van der Waals surface area contributed by atoms with Crippen LogP contribution in [-0.2, 0) is 0 Å². The predicted molar refractivity (Wildman–Crippen MR) is 72.8 cm³/mol. The van der Waals surface area contributed by atoms with Crippen molar-refractivity contribution in [2.75, 3.05) is 0 Å². The average molecular weight is 255 g/mol. The fraction of sp³-hybridized carbons (Fsp3) is 0.333. The van der Waals surface area contributed by atoms with Crippen molar-refractivity contribution in [2.24, 2.45) is 0 Å². The van der Waals surface area contributed by atoms with E-state index in [1.54, 1.807) is 22.9 Å². The largest absolute Gasteiger partial charge is 0.508 e. The van der Waals surface area contributed by atoms with E-state index in [0.29, 0.717) is 12.3 Å². The standard InChI is InChI=1S/C15H17N3O/c1-11(2)13-9-17-18(10-13)15(6-7-16)12-4-3-5-14(19)8-12/h3-5,8-11,15,19H,6H2,1-2H3/t15-/m1/s1. The Morgan fingerprint density at radius 3 is 2.74 bits per heavy atom. The molecule has 1 N–H and O–H groups in total. The zero-order valence-corrected chi connectivity index (χ0v) is 11.1. The van der Waals surface area contributed by atoms with Crippen molar-refractivity contribution >= 4 is 0 Å². The molecule has 1 atom stereocenters. The summed E-state index contributed by atoms with van der Waals surface area (Å²) in [5.74, 6) is 0.609. The van der Waals surface area contributed by atoms with E-state index in [1.165, 1.54) is 0 Å². The monoisotopic (exact) mass is 255 g/mol. The van der Waals surface area contributed by atoms with Crippen LogP contribution < -0.4 is 0 Å². The van der Waals surface area contributed by atoms with Crippen LogP contribution >= 0.6 is 0 Å². The highest BCUT2D eigenvalue weighted by atomic mass is 16.3. The number of aromatic nitrogens is 2. The molecule has 0 spiro atoms. The number of rotatable bonds is 4. The van der Waals surface area contributed by atoms with Crippen molar-refractivity contribution in [1.82, 2.24) is 9.78 Å². The highest BCUT2D eigenvalue weighted by molar-refractivity contribution is 5.30. The summed E-state index contributed by atoms with van der Waals surface area (Å²) in [6.07, 6.45) is 4.12. The van der Waals surface area contributed by atoms with Gasteiger partial charge in [0, 0.05) is 6.20 Å². The molecular weight excluding hydrogens is 238 g/mol. The maximum Gasteiger partial charge on any atom is 0.115 e.